The Balaban J connectivity index is 1.66. The normalized spacial score (nSPS) is 10.8. The van der Waals surface area contributed by atoms with Crippen LogP contribution in [-0.4, -0.2) is 41.2 Å². The van der Waals surface area contributed by atoms with Gasteiger partial charge in [-0.15, -0.1) is 5.10 Å². The standard InChI is InChI=1S/C20H22N4O4/c1-14-7-8-17(18(13-14)28-12-11-27-2)21-19(25)9-10-24-20(26)15-5-3-4-6-16(15)22-23-24/h3-8,13H,9-12H2,1-2H3,(H,21,25). The van der Waals surface area contributed by atoms with Crippen LogP contribution >= 0.6 is 0 Å². The summed E-state index contributed by atoms with van der Waals surface area (Å²) in [5.41, 5.74) is 1.86. The highest BCUT2D eigenvalue weighted by Crippen LogP contribution is 2.26. The maximum Gasteiger partial charge on any atom is 0.277 e. The van der Waals surface area contributed by atoms with Gasteiger partial charge in [-0.05, 0) is 36.8 Å². The SMILES string of the molecule is COCCOc1cc(C)ccc1NC(=O)CCn1nnc2ccccc2c1=O. The molecule has 8 nitrogen and oxygen atoms in total. The first-order valence-electron chi connectivity index (χ1n) is 8.93. The molecule has 3 rings (SSSR count). The molecule has 1 N–H and O–H groups in total. The number of hydrogen-bond donors (Lipinski definition) is 1. The summed E-state index contributed by atoms with van der Waals surface area (Å²) in [6.45, 7) is 2.91. The number of ether oxygens (including phenoxy) is 2. The lowest BCUT2D eigenvalue weighted by atomic mass is 10.2. The summed E-state index contributed by atoms with van der Waals surface area (Å²) in [7, 11) is 1.60. The largest absolute Gasteiger partial charge is 0.489 e. The van der Waals surface area contributed by atoms with Crippen molar-refractivity contribution < 1.29 is 14.3 Å². The van der Waals surface area contributed by atoms with Gasteiger partial charge in [-0.2, -0.15) is 0 Å². The molecular weight excluding hydrogens is 360 g/mol. The number of carbonyl (C=O) groups is 1. The summed E-state index contributed by atoms with van der Waals surface area (Å²) in [6.07, 6.45) is 0.0817. The lowest BCUT2D eigenvalue weighted by Crippen LogP contribution is -2.26. The van der Waals surface area contributed by atoms with Crippen LogP contribution in [0.4, 0.5) is 5.69 Å². The molecule has 2 aromatic carbocycles. The van der Waals surface area contributed by atoms with Crippen molar-refractivity contribution in [2.45, 2.75) is 19.9 Å². The highest BCUT2D eigenvalue weighted by molar-refractivity contribution is 5.92. The number of methoxy groups -OCH3 is 1. The molecule has 0 unspecified atom stereocenters. The molecule has 0 atom stereocenters. The summed E-state index contributed by atoms with van der Waals surface area (Å²) in [5, 5.41) is 11.2. The van der Waals surface area contributed by atoms with E-state index in [9.17, 15) is 9.59 Å². The van der Waals surface area contributed by atoms with Crippen molar-refractivity contribution in [1.82, 2.24) is 15.0 Å². The van der Waals surface area contributed by atoms with Crippen LogP contribution in [0.1, 0.15) is 12.0 Å². The Hall–Kier alpha value is -3.26. The highest BCUT2D eigenvalue weighted by atomic mass is 16.5. The molecule has 0 aliphatic rings. The average molecular weight is 382 g/mol. The summed E-state index contributed by atoms with van der Waals surface area (Å²) < 4.78 is 11.9. The number of carbonyl (C=O) groups excluding carboxylic acids is 1. The summed E-state index contributed by atoms with van der Waals surface area (Å²) in [6, 6.07) is 12.5. The third-order valence-electron chi connectivity index (χ3n) is 4.14. The van der Waals surface area contributed by atoms with Gasteiger partial charge in [0, 0.05) is 13.5 Å². The Labute approximate surface area is 162 Å². The van der Waals surface area contributed by atoms with Crippen LogP contribution in [0, 0.1) is 6.92 Å². The minimum absolute atomic E-state index is 0.0817. The third kappa shape index (κ3) is 4.72. The fourth-order valence-electron chi connectivity index (χ4n) is 2.68. The topological polar surface area (TPSA) is 95.3 Å². The first kappa shape index (κ1) is 19.5. The maximum atomic E-state index is 12.4. The number of nitrogens with one attached hydrogen (secondary N) is 1. The number of benzene rings is 2. The van der Waals surface area contributed by atoms with E-state index in [0.717, 1.165) is 5.56 Å². The lowest BCUT2D eigenvalue weighted by molar-refractivity contribution is -0.116. The minimum Gasteiger partial charge on any atom is -0.489 e. The number of aryl methyl sites for hydroxylation is 2. The van der Waals surface area contributed by atoms with Gasteiger partial charge >= 0.3 is 0 Å². The van der Waals surface area contributed by atoms with E-state index in [4.69, 9.17) is 9.47 Å². The summed E-state index contributed by atoms with van der Waals surface area (Å²) >= 11 is 0. The molecule has 0 fully saturated rings. The van der Waals surface area contributed by atoms with Gasteiger partial charge in [-0.3, -0.25) is 9.59 Å². The molecule has 0 saturated heterocycles. The Morgan fingerprint density at radius 2 is 2.00 bits per heavy atom. The molecule has 8 heteroatoms. The van der Waals surface area contributed by atoms with Gasteiger partial charge in [0.25, 0.3) is 5.56 Å². The predicted molar refractivity (Wildman–Crippen MR) is 106 cm³/mol. The van der Waals surface area contributed by atoms with Crippen LogP contribution in [0.25, 0.3) is 10.9 Å². The predicted octanol–water partition coefficient (Wildman–Crippen LogP) is 2.15. The molecule has 0 radical (unpaired) electrons. The zero-order valence-corrected chi connectivity index (χ0v) is 15.8. The van der Waals surface area contributed by atoms with Crippen LogP contribution in [0.3, 0.4) is 0 Å². The second-order valence-corrected chi connectivity index (χ2v) is 6.27. The van der Waals surface area contributed by atoms with E-state index in [2.05, 4.69) is 15.6 Å². The highest BCUT2D eigenvalue weighted by Gasteiger charge is 2.11. The quantitative estimate of drug-likeness (QED) is 0.600. The third-order valence-corrected chi connectivity index (χ3v) is 4.14. The van der Waals surface area contributed by atoms with E-state index in [-0.39, 0.29) is 24.4 Å². The van der Waals surface area contributed by atoms with Crippen molar-refractivity contribution in [3.05, 3.63) is 58.4 Å². The number of hydrogen-bond acceptors (Lipinski definition) is 6. The van der Waals surface area contributed by atoms with Gasteiger partial charge < -0.3 is 14.8 Å². The van der Waals surface area contributed by atoms with Crippen LogP contribution in [0.15, 0.2) is 47.3 Å². The van der Waals surface area contributed by atoms with E-state index < -0.39 is 0 Å². The Kier molecular flexibility index (Phi) is 6.33. The molecule has 0 aliphatic carbocycles. The number of anilines is 1. The number of fused-ring (bicyclic) bond motifs is 1. The Morgan fingerprint density at radius 1 is 1.18 bits per heavy atom. The van der Waals surface area contributed by atoms with Crippen LogP contribution in [-0.2, 0) is 16.1 Å². The van der Waals surface area contributed by atoms with Crippen molar-refractivity contribution in [3.63, 3.8) is 0 Å². The maximum absolute atomic E-state index is 12.4. The molecule has 28 heavy (non-hydrogen) atoms. The van der Waals surface area contributed by atoms with Crippen LogP contribution < -0.4 is 15.6 Å². The number of nitrogens with zero attached hydrogens (tertiary/aromatic N) is 3. The Bertz CT molecular complexity index is 1030. The first-order chi connectivity index (χ1) is 13.6. The smallest absolute Gasteiger partial charge is 0.277 e. The van der Waals surface area contributed by atoms with Gasteiger partial charge in [0.2, 0.25) is 5.91 Å². The van der Waals surface area contributed by atoms with Crippen LogP contribution in [0.5, 0.6) is 5.75 Å². The molecule has 0 saturated carbocycles. The number of amides is 1. The number of rotatable bonds is 8. The molecule has 1 aromatic heterocycles. The fraction of sp³-hybridized carbons (Fsp3) is 0.300. The monoisotopic (exact) mass is 382 g/mol. The van der Waals surface area contributed by atoms with Gasteiger partial charge in [0.15, 0.2) is 0 Å². The van der Waals surface area contributed by atoms with E-state index in [1.165, 1.54) is 4.68 Å². The average Bonchev–Trinajstić information content (AvgIpc) is 2.70. The van der Waals surface area contributed by atoms with Crippen molar-refractivity contribution in [1.29, 1.82) is 0 Å². The van der Waals surface area contributed by atoms with E-state index in [0.29, 0.717) is 35.6 Å². The molecule has 1 heterocycles. The zero-order valence-electron chi connectivity index (χ0n) is 15.8. The molecule has 0 bridgehead atoms. The second kappa shape index (κ2) is 9.09. The number of aromatic nitrogens is 3. The van der Waals surface area contributed by atoms with Gasteiger partial charge in [-0.25, -0.2) is 4.68 Å². The summed E-state index contributed by atoms with van der Waals surface area (Å²) in [4.78, 5) is 24.8. The minimum atomic E-state index is -0.266. The zero-order chi connectivity index (χ0) is 19.9. The van der Waals surface area contributed by atoms with Crippen LogP contribution in [0.2, 0.25) is 0 Å². The second-order valence-electron chi connectivity index (χ2n) is 6.27. The van der Waals surface area contributed by atoms with Gasteiger partial charge in [0.1, 0.15) is 17.9 Å². The van der Waals surface area contributed by atoms with E-state index >= 15 is 0 Å². The lowest BCUT2D eigenvalue weighted by Gasteiger charge is -2.13. The molecule has 146 valence electrons. The van der Waals surface area contributed by atoms with Crippen molar-refractivity contribution >= 4 is 22.5 Å². The van der Waals surface area contributed by atoms with E-state index in [1.54, 1.807) is 37.4 Å². The Morgan fingerprint density at radius 3 is 2.82 bits per heavy atom. The van der Waals surface area contributed by atoms with Crippen molar-refractivity contribution in [3.8, 4) is 5.75 Å². The first-order valence-corrected chi connectivity index (χ1v) is 8.93. The van der Waals surface area contributed by atoms with Gasteiger partial charge in [-0.1, -0.05) is 23.4 Å². The van der Waals surface area contributed by atoms with E-state index in [1.807, 2.05) is 19.1 Å². The molecular formula is C20H22N4O4. The van der Waals surface area contributed by atoms with Gasteiger partial charge in [0.05, 0.1) is 24.2 Å². The molecule has 0 aliphatic heterocycles. The summed E-state index contributed by atoms with van der Waals surface area (Å²) in [5.74, 6) is 0.329. The molecule has 3 aromatic rings. The van der Waals surface area contributed by atoms with Crippen molar-refractivity contribution in [2.24, 2.45) is 0 Å². The van der Waals surface area contributed by atoms with Crippen molar-refractivity contribution in [2.75, 3.05) is 25.6 Å². The molecule has 0 spiro atoms. The molecule has 1 amide bonds. The fourth-order valence-corrected chi connectivity index (χ4v) is 2.68.